The Morgan fingerprint density at radius 1 is 0.920 bits per heavy atom. The first-order chi connectivity index (χ1) is 12.2. The third kappa shape index (κ3) is 2.92. The summed E-state index contributed by atoms with van der Waals surface area (Å²) < 4.78 is 15.7. The lowest BCUT2D eigenvalue weighted by atomic mass is 10.0. The van der Waals surface area contributed by atoms with Crippen molar-refractivity contribution in [3.05, 3.63) is 71.8 Å². The topological polar surface area (TPSA) is 61.8 Å². The lowest BCUT2D eigenvalue weighted by molar-refractivity contribution is 0.0476. The molecule has 1 aliphatic heterocycles. The Labute approximate surface area is 143 Å². The van der Waals surface area contributed by atoms with Gasteiger partial charge in [-0.25, -0.2) is 4.79 Å². The van der Waals surface area contributed by atoms with Gasteiger partial charge >= 0.3 is 5.97 Å². The lowest BCUT2D eigenvalue weighted by Gasteiger charge is -2.07. The van der Waals surface area contributed by atoms with Gasteiger partial charge in [-0.05, 0) is 35.0 Å². The number of hydrogen-bond acceptors (Lipinski definition) is 5. The van der Waals surface area contributed by atoms with Gasteiger partial charge in [0.2, 0.25) is 6.79 Å². The number of Topliss-reactive ketones (excluding diaryl/α,β-unsaturated/α-hetero) is 1. The van der Waals surface area contributed by atoms with Gasteiger partial charge in [0.1, 0.15) is 0 Å². The molecule has 0 fully saturated rings. The Morgan fingerprint density at radius 3 is 2.64 bits per heavy atom. The fraction of sp³-hybridized carbons (Fsp3) is 0.100. The molecule has 1 aliphatic rings. The summed E-state index contributed by atoms with van der Waals surface area (Å²) in [5.41, 5.74) is 0.853. The standard InChI is InChI=1S/C20H14O5/c21-17(14-8-9-18-19(10-14)25-12-24-18)11-23-20(22)16-7-3-5-13-4-1-2-6-15(13)16/h1-10H,11-12H2. The summed E-state index contributed by atoms with van der Waals surface area (Å²) in [5, 5.41) is 1.74. The predicted molar refractivity (Wildman–Crippen MR) is 91.1 cm³/mol. The number of benzene rings is 3. The van der Waals surface area contributed by atoms with Crippen molar-refractivity contribution in [2.24, 2.45) is 0 Å². The maximum Gasteiger partial charge on any atom is 0.339 e. The van der Waals surface area contributed by atoms with Gasteiger partial charge in [-0.1, -0.05) is 36.4 Å². The van der Waals surface area contributed by atoms with Crippen LogP contribution in [0, 0.1) is 0 Å². The molecule has 0 saturated heterocycles. The summed E-state index contributed by atoms with van der Waals surface area (Å²) in [6.07, 6.45) is 0. The van der Waals surface area contributed by atoms with Crippen molar-refractivity contribution in [2.75, 3.05) is 13.4 Å². The van der Waals surface area contributed by atoms with Crippen molar-refractivity contribution in [3.8, 4) is 11.5 Å². The highest BCUT2D eigenvalue weighted by atomic mass is 16.7. The van der Waals surface area contributed by atoms with Crippen LogP contribution >= 0.6 is 0 Å². The Balaban J connectivity index is 1.49. The van der Waals surface area contributed by atoms with Crippen LogP contribution in [0.3, 0.4) is 0 Å². The number of carbonyl (C=O) groups is 2. The summed E-state index contributed by atoms with van der Waals surface area (Å²) in [6, 6.07) is 17.8. The van der Waals surface area contributed by atoms with E-state index >= 15 is 0 Å². The molecule has 3 aromatic carbocycles. The summed E-state index contributed by atoms with van der Waals surface area (Å²) in [7, 11) is 0. The summed E-state index contributed by atoms with van der Waals surface area (Å²) in [4.78, 5) is 24.6. The zero-order valence-electron chi connectivity index (χ0n) is 13.2. The normalized spacial score (nSPS) is 12.2. The number of fused-ring (bicyclic) bond motifs is 2. The van der Waals surface area contributed by atoms with Gasteiger partial charge in [-0.2, -0.15) is 0 Å². The molecule has 124 valence electrons. The average molecular weight is 334 g/mol. The molecule has 25 heavy (non-hydrogen) atoms. The van der Waals surface area contributed by atoms with Crippen LogP contribution in [0.4, 0.5) is 0 Å². The maximum absolute atomic E-state index is 12.4. The van der Waals surface area contributed by atoms with Crippen LogP contribution < -0.4 is 9.47 Å². The highest BCUT2D eigenvalue weighted by Gasteiger charge is 2.18. The number of hydrogen-bond donors (Lipinski definition) is 0. The second kappa shape index (κ2) is 6.28. The molecule has 0 bridgehead atoms. The second-order valence-corrected chi connectivity index (χ2v) is 5.59. The summed E-state index contributed by atoms with van der Waals surface area (Å²) >= 11 is 0. The average Bonchev–Trinajstić information content (AvgIpc) is 3.13. The first-order valence-corrected chi connectivity index (χ1v) is 7.80. The molecule has 0 amide bonds. The van der Waals surface area contributed by atoms with E-state index in [1.807, 2.05) is 30.3 Å². The zero-order valence-corrected chi connectivity index (χ0v) is 13.2. The molecule has 0 aromatic heterocycles. The third-order valence-corrected chi connectivity index (χ3v) is 4.04. The van der Waals surface area contributed by atoms with Crippen LogP contribution in [0.2, 0.25) is 0 Å². The van der Waals surface area contributed by atoms with Crippen molar-refractivity contribution < 1.29 is 23.8 Å². The van der Waals surface area contributed by atoms with E-state index in [2.05, 4.69) is 0 Å². The zero-order chi connectivity index (χ0) is 17.2. The molecule has 0 aliphatic carbocycles. The molecule has 0 unspecified atom stereocenters. The molecular weight excluding hydrogens is 320 g/mol. The summed E-state index contributed by atoms with van der Waals surface area (Å²) in [6.45, 7) is -0.190. The molecule has 5 heteroatoms. The molecule has 0 spiro atoms. The minimum absolute atomic E-state index is 0.142. The number of rotatable bonds is 4. The molecule has 1 heterocycles. The van der Waals surface area contributed by atoms with Crippen LogP contribution in [-0.4, -0.2) is 25.2 Å². The summed E-state index contributed by atoms with van der Waals surface area (Å²) in [5.74, 6) is 0.299. The fourth-order valence-corrected chi connectivity index (χ4v) is 2.77. The Hall–Kier alpha value is -3.34. The fourth-order valence-electron chi connectivity index (χ4n) is 2.77. The quantitative estimate of drug-likeness (QED) is 0.539. The van der Waals surface area contributed by atoms with Crippen molar-refractivity contribution in [3.63, 3.8) is 0 Å². The van der Waals surface area contributed by atoms with Crippen LogP contribution in [0.5, 0.6) is 11.5 Å². The van der Waals surface area contributed by atoms with Gasteiger partial charge in [-0.15, -0.1) is 0 Å². The van der Waals surface area contributed by atoms with E-state index in [1.54, 1.807) is 30.3 Å². The van der Waals surface area contributed by atoms with Crippen molar-refractivity contribution in [1.82, 2.24) is 0 Å². The first kappa shape index (κ1) is 15.2. The minimum atomic E-state index is -0.522. The van der Waals surface area contributed by atoms with Crippen molar-refractivity contribution in [2.45, 2.75) is 0 Å². The Morgan fingerprint density at radius 2 is 1.72 bits per heavy atom. The number of esters is 1. The predicted octanol–water partition coefficient (Wildman–Crippen LogP) is 3.61. The SMILES string of the molecule is O=C(COC(=O)c1cccc2ccccc12)c1ccc2c(c1)OCO2. The maximum atomic E-state index is 12.4. The number of carbonyl (C=O) groups excluding carboxylic acids is 2. The molecule has 3 aromatic rings. The van der Waals surface area contributed by atoms with Crippen molar-refractivity contribution in [1.29, 1.82) is 0 Å². The highest BCUT2D eigenvalue weighted by molar-refractivity contribution is 6.06. The van der Waals surface area contributed by atoms with Crippen LogP contribution in [0.1, 0.15) is 20.7 Å². The molecule has 4 rings (SSSR count). The van der Waals surface area contributed by atoms with Crippen LogP contribution in [0.25, 0.3) is 10.8 Å². The number of ether oxygens (including phenoxy) is 3. The molecule has 0 saturated carbocycles. The molecule has 0 atom stereocenters. The molecular formula is C20H14O5. The lowest BCUT2D eigenvalue weighted by Crippen LogP contribution is -2.14. The van der Waals surface area contributed by atoms with E-state index in [-0.39, 0.29) is 19.2 Å². The monoisotopic (exact) mass is 334 g/mol. The van der Waals surface area contributed by atoms with E-state index in [0.29, 0.717) is 22.6 Å². The van der Waals surface area contributed by atoms with E-state index in [1.165, 1.54) is 0 Å². The molecule has 0 radical (unpaired) electrons. The van der Waals surface area contributed by atoms with Gasteiger partial charge in [-0.3, -0.25) is 4.79 Å². The van der Waals surface area contributed by atoms with E-state index in [9.17, 15) is 9.59 Å². The third-order valence-electron chi connectivity index (χ3n) is 4.04. The minimum Gasteiger partial charge on any atom is -0.454 e. The van der Waals surface area contributed by atoms with Gasteiger partial charge in [0, 0.05) is 5.56 Å². The van der Waals surface area contributed by atoms with Crippen LogP contribution in [0.15, 0.2) is 60.7 Å². The van der Waals surface area contributed by atoms with E-state index in [4.69, 9.17) is 14.2 Å². The van der Waals surface area contributed by atoms with Gasteiger partial charge in [0.25, 0.3) is 0 Å². The molecule has 0 N–H and O–H groups in total. The van der Waals surface area contributed by atoms with Gasteiger partial charge in [0.05, 0.1) is 5.56 Å². The van der Waals surface area contributed by atoms with Crippen LogP contribution in [-0.2, 0) is 4.74 Å². The Kier molecular flexibility index (Phi) is 3.82. The van der Waals surface area contributed by atoms with Gasteiger partial charge in [0.15, 0.2) is 23.9 Å². The van der Waals surface area contributed by atoms with E-state index in [0.717, 1.165) is 10.8 Å². The smallest absolute Gasteiger partial charge is 0.339 e. The highest BCUT2D eigenvalue weighted by Crippen LogP contribution is 2.32. The van der Waals surface area contributed by atoms with Gasteiger partial charge < -0.3 is 14.2 Å². The largest absolute Gasteiger partial charge is 0.454 e. The number of ketones is 1. The second-order valence-electron chi connectivity index (χ2n) is 5.59. The first-order valence-electron chi connectivity index (χ1n) is 7.80. The molecule has 5 nitrogen and oxygen atoms in total. The van der Waals surface area contributed by atoms with E-state index < -0.39 is 5.97 Å². The Bertz CT molecular complexity index is 971. The van der Waals surface area contributed by atoms with Crippen molar-refractivity contribution >= 4 is 22.5 Å².